The summed E-state index contributed by atoms with van der Waals surface area (Å²) in [6.45, 7) is 12.0. The van der Waals surface area contributed by atoms with Gasteiger partial charge in [0.2, 0.25) is 0 Å². The Morgan fingerprint density at radius 3 is 2.21 bits per heavy atom. The maximum Gasteiger partial charge on any atom is 0.251 e. The molecule has 0 aliphatic heterocycles. The molecule has 0 fully saturated rings. The molecule has 0 saturated heterocycles. The Kier molecular flexibility index (Phi) is 10.6. The number of Topliss-reactive ketones (excluding diaryl/α,β-unsaturated/α-hetero) is 1. The molecule has 0 atom stereocenters. The van der Waals surface area contributed by atoms with Crippen molar-refractivity contribution in [1.82, 2.24) is 5.32 Å². The molecule has 1 N–H and O–H groups in total. The van der Waals surface area contributed by atoms with Crippen LogP contribution >= 0.6 is 0 Å². The molecule has 6 nitrogen and oxygen atoms in total. The Labute approximate surface area is 168 Å². The number of ketones is 1. The van der Waals surface area contributed by atoms with E-state index in [1.165, 1.54) is 0 Å². The zero-order valence-electron chi connectivity index (χ0n) is 17.8. The van der Waals surface area contributed by atoms with Crippen LogP contribution in [0, 0.1) is 5.92 Å². The minimum absolute atomic E-state index is 0.0521. The average molecular weight is 391 g/mol. The average Bonchev–Trinajstić information content (AvgIpc) is 2.64. The summed E-state index contributed by atoms with van der Waals surface area (Å²) in [4.78, 5) is 28.0. The van der Waals surface area contributed by atoms with Crippen LogP contribution in [0.2, 0.25) is 0 Å². The maximum absolute atomic E-state index is 12.1. The fraction of sp³-hybridized carbons (Fsp3) is 0.591. The first-order valence-electron chi connectivity index (χ1n) is 9.81. The van der Waals surface area contributed by atoms with Crippen molar-refractivity contribution in [3.8, 4) is 0 Å². The standard InChI is InChI=1S/C22H34N2O4/c1-17(2)20(25)10-12-27-14-15-28-13-11-23-21(26)19-8-6-18(7-9-19)16-24-22(3,4)5/h6-9,16-17H,10-15H2,1-5H3,(H,23,26)/b24-16+. The topological polar surface area (TPSA) is 77.0 Å². The molecule has 1 amide bonds. The van der Waals surface area contributed by atoms with Gasteiger partial charge < -0.3 is 14.8 Å². The number of amides is 1. The van der Waals surface area contributed by atoms with E-state index in [1.807, 2.05) is 53.0 Å². The van der Waals surface area contributed by atoms with Gasteiger partial charge in [-0.2, -0.15) is 0 Å². The van der Waals surface area contributed by atoms with Gasteiger partial charge in [-0.1, -0.05) is 26.0 Å². The molecule has 0 saturated carbocycles. The molecular formula is C22H34N2O4. The quantitative estimate of drug-likeness (QED) is 0.439. The van der Waals surface area contributed by atoms with Gasteiger partial charge in [0.1, 0.15) is 5.78 Å². The molecule has 0 unspecified atom stereocenters. The zero-order valence-corrected chi connectivity index (χ0v) is 17.8. The molecule has 1 aromatic carbocycles. The number of nitrogens with zero attached hydrogens (tertiary/aromatic N) is 1. The summed E-state index contributed by atoms with van der Waals surface area (Å²) in [5, 5.41) is 2.82. The summed E-state index contributed by atoms with van der Waals surface area (Å²) in [5.41, 5.74) is 1.45. The molecule has 0 aliphatic rings. The molecule has 1 rings (SSSR count). The summed E-state index contributed by atoms with van der Waals surface area (Å²) in [5.74, 6) is 0.126. The van der Waals surface area contributed by atoms with Crippen molar-refractivity contribution in [2.45, 2.75) is 46.6 Å². The molecule has 0 spiro atoms. The van der Waals surface area contributed by atoms with Crippen LogP contribution in [0.1, 0.15) is 57.0 Å². The molecule has 0 bridgehead atoms. The summed E-state index contributed by atoms with van der Waals surface area (Å²) < 4.78 is 10.8. The number of hydrogen-bond donors (Lipinski definition) is 1. The number of carbonyl (C=O) groups excluding carboxylic acids is 2. The lowest BCUT2D eigenvalue weighted by Crippen LogP contribution is -2.27. The van der Waals surface area contributed by atoms with Crippen molar-refractivity contribution in [2.24, 2.45) is 10.9 Å². The Morgan fingerprint density at radius 2 is 1.64 bits per heavy atom. The van der Waals surface area contributed by atoms with Crippen LogP contribution in [-0.2, 0) is 14.3 Å². The molecule has 0 aromatic heterocycles. The van der Waals surface area contributed by atoms with Crippen molar-refractivity contribution in [3.63, 3.8) is 0 Å². The summed E-state index contributed by atoms with van der Waals surface area (Å²) in [6.07, 6.45) is 2.25. The highest BCUT2D eigenvalue weighted by Crippen LogP contribution is 2.08. The van der Waals surface area contributed by atoms with Crippen LogP contribution in [0.5, 0.6) is 0 Å². The summed E-state index contributed by atoms with van der Waals surface area (Å²) in [7, 11) is 0. The molecule has 0 heterocycles. The fourth-order valence-corrected chi connectivity index (χ4v) is 2.11. The van der Waals surface area contributed by atoms with Crippen LogP contribution in [0.3, 0.4) is 0 Å². The van der Waals surface area contributed by atoms with Gasteiger partial charge >= 0.3 is 0 Å². The van der Waals surface area contributed by atoms with Crippen LogP contribution in [0.15, 0.2) is 29.3 Å². The molecule has 0 radical (unpaired) electrons. The first-order valence-corrected chi connectivity index (χ1v) is 9.81. The van der Waals surface area contributed by atoms with Gasteiger partial charge in [0.25, 0.3) is 5.91 Å². The highest BCUT2D eigenvalue weighted by atomic mass is 16.5. The second kappa shape index (κ2) is 12.4. The third kappa shape index (κ3) is 10.9. The maximum atomic E-state index is 12.1. The number of carbonyl (C=O) groups is 2. The highest BCUT2D eigenvalue weighted by molar-refractivity contribution is 5.95. The van der Waals surface area contributed by atoms with E-state index < -0.39 is 0 Å². The monoisotopic (exact) mass is 390 g/mol. The minimum atomic E-state index is -0.133. The number of hydrogen-bond acceptors (Lipinski definition) is 5. The highest BCUT2D eigenvalue weighted by Gasteiger charge is 2.07. The van der Waals surface area contributed by atoms with Gasteiger partial charge in [-0.05, 0) is 38.5 Å². The van der Waals surface area contributed by atoms with E-state index in [1.54, 1.807) is 12.1 Å². The predicted molar refractivity (Wildman–Crippen MR) is 112 cm³/mol. The smallest absolute Gasteiger partial charge is 0.251 e. The fourth-order valence-electron chi connectivity index (χ4n) is 2.11. The van der Waals surface area contributed by atoms with Crippen molar-refractivity contribution >= 4 is 17.9 Å². The van der Waals surface area contributed by atoms with Crippen molar-refractivity contribution in [3.05, 3.63) is 35.4 Å². The normalized spacial score (nSPS) is 11.9. The van der Waals surface area contributed by atoms with Gasteiger partial charge in [-0.3, -0.25) is 14.6 Å². The number of nitrogens with one attached hydrogen (secondary N) is 1. The third-order valence-electron chi connectivity index (χ3n) is 3.81. The molecular weight excluding hydrogens is 356 g/mol. The SMILES string of the molecule is CC(C)C(=O)CCOCCOCCNC(=O)c1ccc(/C=N/C(C)(C)C)cc1. The van der Waals surface area contributed by atoms with E-state index in [0.717, 1.165) is 5.56 Å². The van der Waals surface area contributed by atoms with Gasteiger partial charge in [0, 0.05) is 30.7 Å². The molecule has 156 valence electrons. The molecule has 6 heteroatoms. The van der Waals surface area contributed by atoms with Gasteiger partial charge in [-0.25, -0.2) is 0 Å². The Morgan fingerprint density at radius 1 is 1.04 bits per heavy atom. The van der Waals surface area contributed by atoms with E-state index in [-0.39, 0.29) is 23.1 Å². The summed E-state index contributed by atoms with van der Waals surface area (Å²) >= 11 is 0. The van der Waals surface area contributed by atoms with E-state index in [0.29, 0.717) is 45.0 Å². The molecule has 28 heavy (non-hydrogen) atoms. The van der Waals surface area contributed by atoms with Crippen molar-refractivity contribution < 1.29 is 19.1 Å². The largest absolute Gasteiger partial charge is 0.379 e. The second-order valence-corrected chi connectivity index (χ2v) is 7.90. The van der Waals surface area contributed by atoms with E-state index >= 15 is 0 Å². The van der Waals surface area contributed by atoms with Crippen molar-refractivity contribution in [1.29, 1.82) is 0 Å². The number of ether oxygens (including phenoxy) is 2. The first kappa shape index (κ1) is 24.0. The van der Waals surface area contributed by atoms with Gasteiger partial charge in [-0.15, -0.1) is 0 Å². The first-order chi connectivity index (χ1) is 13.2. The summed E-state index contributed by atoms with van der Waals surface area (Å²) in [6, 6.07) is 7.32. The van der Waals surface area contributed by atoms with Gasteiger partial charge in [0.15, 0.2) is 0 Å². The predicted octanol–water partition coefficient (Wildman–Crippen LogP) is 3.28. The lowest BCUT2D eigenvalue weighted by atomic mass is 10.1. The number of benzene rings is 1. The Balaban J connectivity index is 2.15. The van der Waals surface area contributed by atoms with Crippen LogP contribution in [-0.4, -0.2) is 56.4 Å². The lowest BCUT2D eigenvalue weighted by molar-refractivity contribution is -0.123. The van der Waals surface area contributed by atoms with E-state index in [9.17, 15) is 9.59 Å². The van der Waals surface area contributed by atoms with Crippen LogP contribution in [0.25, 0.3) is 0 Å². The van der Waals surface area contributed by atoms with E-state index in [2.05, 4.69) is 10.3 Å². The van der Waals surface area contributed by atoms with Crippen LogP contribution in [0.4, 0.5) is 0 Å². The second-order valence-electron chi connectivity index (χ2n) is 7.90. The number of aliphatic imine (C=N–C) groups is 1. The van der Waals surface area contributed by atoms with Crippen LogP contribution < -0.4 is 5.32 Å². The lowest BCUT2D eigenvalue weighted by Gasteiger charge is -2.11. The Hall–Kier alpha value is -2.05. The third-order valence-corrected chi connectivity index (χ3v) is 3.81. The molecule has 1 aromatic rings. The molecule has 0 aliphatic carbocycles. The number of rotatable bonds is 12. The Bertz CT molecular complexity index is 631. The van der Waals surface area contributed by atoms with Crippen molar-refractivity contribution in [2.75, 3.05) is 33.0 Å². The van der Waals surface area contributed by atoms with Gasteiger partial charge in [0.05, 0.1) is 32.0 Å². The van der Waals surface area contributed by atoms with E-state index in [4.69, 9.17) is 9.47 Å². The zero-order chi connectivity index (χ0) is 21.0. The minimum Gasteiger partial charge on any atom is -0.379 e.